The summed E-state index contributed by atoms with van der Waals surface area (Å²) in [5, 5.41) is 0. The molecule has 0 saturated heterocycles. The number of hydrogen-bond acceptors (Lipinski definition) is 5. The van der Waals surface area contributed by atoms with Gasteiger partial charge in [-0.05, 0) is 52.0 Å². The van der Waals surface area contributed by atoms with Gasteiger partial charge in [0.05, 0.1) is 0 Å². The molecule has 0 saturated carbocycles. The number of unbranched alkanes of at least 4 members (excludes halogenated alkanes) is 3. The third-order valence-electron chi connectivity index (χ3n) is 4.94. The monoisotopic (exact) mass is 390 g/mol. The van der Waals surface area contributed by atoms with Crippen LogP contribution in [-0.4, -0.2) is 40.7 Å². The molecule has 158 valence electrons. The minimum absolute atomic E-state index is 0.160. The maximum atomic E-state index is 6.52. The van der Waals surface area contributed by atoms with Gasteiger partial charge in [-0.2, -0.15) is 0 Å². The first-order valence-electron chi connectivity index (χ1n) is 10.8. The van der Waals surface area contributed by atoms with Crippen molar-refractivity contribution in [3.8, 4) is 0 Å². The highest BCUT2D eigenvalue weighted by atomic mass is 28.4. The van der Waals surface area contributed by atoms with Crippen molar-refractivity contribution < 1.29 is 13.3 Å². The van der Waals surface area contributed by atoms with E-state index in [1.165, 1.54) is 0 Å². The summed E-state index contributed by atoms with van der Waals surface area (Å²) in [7, 11) is -2.84. The summed E-state index contributed by atoms with van der Waals surface area (Å²) in [6, 6.07) is 0. The van der Waals surface area contributed by atoms with Crippen molar-refractivity contribution in [2.45, 2.75) is 103 Å². The molecule has 4 N–H and O–H groups in total. The Hall–Kier alpha value is 0.0169. The van der Waals surface area contributed by atoms with Gasteiger partial charge in [0.15, 0.2) is 0 Å². The lowest BCUT2D eigenvalue weighted by molar-refractivity contribution is 0.0423. The van der Waals surface area contributed by atoms with Gasteiger partial charge < -0.3 is 24.7 Å². The fourth-order valence-electron chi connectivity index (χ4n) is 2.87. The summed E-state index contributed by atoms with van der Waals surface area (Å²) in [5.41, 5.74) is 12.4. The Kier molecular flexibility index (Phi) is 15.0. The van der Waals surface area contributed by atoms with E-state index >= 15 is 0 Å². The normalized spacial score (nSPS) is 15.8. The molecule has 0 aromatic rings. The van der Waals surface area contributed by atoms with Crippen LogP contribution in [0.3, 0.4) is 0 Å². The molecule has 5 nitrogen and oxygen atoms in total. The van der Waals surface area contributed by atoms with Crippen LogP contribution in [0.2, 0.25) is 5.54 Å². The molecule has 6 heteroatoms. The maximum Gasteiger partial charge on any atom is 0.504 e. The van der Waals surface area contributed by atoms with E-state index < -0.39 is 8.80 Å². The van der Waals surface area contributed by atoms with Crippen LogP contribution < -0.4 is 11.5 Å². The molecular weight excluding hydrogens is 344 g/mol. The predicted molar refractivity (Wildman–Crippen MR) is 113 cm³/mol. The second-order valence-electron chi connectivity index (χ2n) is 7.70. The molecule has 0 heterocycles. The van der Waals surface area contributed by atoms with E-state index in [1.807, 2.05) is 0 Å². The van der Waals surface area contributed by atoms with E-state index in [4.69, 9.17) is 24.7 Å². The predicted octanol–water partition coefficient (Wildman–Crippen LogP) is 4.61. The Labute approximate surface area is 163 Å². The van der Waals surface area contributed by atoms with Crippen LogP contribution in [-0.2, 0) is 13.3 Å². The first kappa shape index (κ1) is 26.0. The lowest BCUT2D eigenvalue weighted by Crippen LogP contribution is -2.54. The molecule has 0 amide bonds. The van der Waals surface area contributed by atoms with Crippen molar-refractivity contribution >= 4 is 8.80 Å². The van der Waals surface area contributed by atoms with Crippen LogP contribution in [0.5, 0.6) is 0 Å². The quantitative estimate of drug-likeness (QED) is 0.264. The van der Waals surface area contributed by atoms with Crippen LogP contribution in [0.25, 0.3) is 0 Å². The molecule has 0 aliphatic rings. The molecule has 0 aliphatic heterocycles. The zero-order valence-corrected chi connectivity index (χ0v) is 19.1. The van der Waals surface area contributed by atoms with Crippen molar-refractivity contribution in [3.63, 3.8) is 0 Å². The third-order valence-corrected chi connectivity index (χ3v) is 8.25. The average molecular weight is 391 g/mol. The summed E-state index contributed by atoms with van der Waals surface area (Å²) in [4.78, 5) is 0. The Bertz CT molecular complexity index is 304. The molecule has 0 aromatic heterocycles. The molecular formula is C20H46N2O3Si. The number of nitrogens with two attached hydrogens (primary N) is 2. The van der Waals surface area contributed by atoms with Crippen molar-refractivity contribution in [1.82, 2.24) is 0 Å². The molecule has 0 bridgehead atoms. The van der Waals surface area contributed by atoms with Gasteiger partial charge in [0.25, 0.3) is 0 Å². The highest BCUT2D eigenvalue weighted by molar-refractivity contribution is 6.62. The van der Waals surface area contributed by atoms with Gasteiger partial charge in [-0.1, -0.05) is 47.0 Å². The van der Waals surface area contributed by atoms with E-state index in [2.05, 4.69) is 34.6 Å². The Morgan fingerprint density at radius 1 is 0.846 bits per heavy atom. The second kappa shape index (κ2) is 15.0. The fourth-order valence-corrected chi connectivity index (χ4v) is 6.35. The average Bonchev–Trinajstić information content (AvgIpc) is 2.61. The smallest absolute Gasteiger partial charge is 0.373 e. The maximum absolute atomic E-state index is 6.52. The summed E-state index contributed by atoms with van der Waals surface area (Å²) in [5.74, 6) is 0. The van der Waals surface area contributed by atoms with E-state index in [0.29, 0.717) is 26.4 Å². The summed E-state index contributed by atoms with van der Waals surface area (Å²) >= 11 is 0. The summed E-state index contributed by atoms with van der Waals surface area (Å²) in [6.07, 6.45) is 8.93. The zero-order valence-electron chi connectivity index (χ0n) is 18.1. The highest BCUT2D eigenvalue weighted by Crippen LogP contribution is 2.37. The molecule has 0 rings (SSSR count). The molecule has 0 aromatic carbocycles. The van der Waals surface area contributed by atoms with Gasteiger partial charge in [-0.3, -0.25) is 0 Å². The molecule has 0 aliphatic carbocycles. The SMILES string of the molecule is CCCCO[Si](OCCCC)(OCCCC)C(CCN)CC(C)(N)CC. The van der Waals surface area contributed by atoms with E-state index in [0.717, 1.165) is 57.8 Å². The highest BCUT2D eigenvalue weighted by Gasteiger charge is 2.50. The summed E-state index contributed by atoms with van der Waals surface area (Å²) < 4.78 is 19.4. The molecule has 26 heavy (non-hydrogen) atoms. The van der Waals surface area contributed by atoms with E-state index in [1.54, 1.807) is 0 Å². The lowest BCUT2D eigenvalue weighted by Gasteiger charge is -2.39. The summed E-state index contributed by atoms with van der Waals surface area (Å²) in [6.45, 7) is 13.4. The Morgan fingerprint density at radius 3 is 1.58 bits per heavy atom. The zero-order chi connectivity index (χ0) is 19.9. The van der Waals surface area contributed by atoms with Gasteiger partial charge in [0.2, 0.25) is 0 Å². The molecule has 0 fully saturated rings. The van der Waals surface area contributed by atoms with Crippen molar-refractivity contribution in [3.05, 3.63) is 0 Å². The Morgan fingerprint density at radius 2 is 1.27 bits per heavy atom. The van der Waals surface area contributed by atoms with Gasteiger partial charge >= 0.3 is 8.80 Å². The van der Waals surface area contributed by atoms with Crippen LogP contribution in [0, 0.1) is 0 Å². The molecule has 2 unspecified atom stereocenters. The van der Waals surface area contributed by atoms with Gasteiger partial charge in [-0.25, -0.2) is 0 Å². The number of hydrogen-bond donors (Lipinski definition) is 2. The topological polar surface area (TPSA) is 79.7 Å². The fraction of sp³-hybridized carbons (Fsp3) is 1.00. The van der Waals surface area contributed by atoms with Crippen molar-refractivity contribution in [2.75, 3.05) is 26.4 Å². The van der Waals surface area contributed by atoms with Gasteiger partial charge in [0, 0.05) is 30.9 Å². The van der Waals surface area contributed by atoms with E-state index in [9.17, 15) is 0 Å². The van der Waals surface area contributed by atoms with Crippen LogP contribution in [0.1, 0.15) is 92.4 Å². The van der Waals surface area contributed by atoms with Crippen molar-refractivity contribution in [1.29, 1.82) is 0 Å². The Balaban J connectivity index is 5.51. The van der Waals surface area contributed by atoms with Crippen LogP contribution >= 0.6 is 0 Å². The third kappa shape index (κ3) is 10.4. The van der Waals surface area contributed by atoms with E-state index in [-0.39, 0.29) is 11.1 Å². The van der Waals surface area contributed by atoms with Crippen LogP contribution in [0.15, 0.2) is 0 Å². The first-order valence-corrected chi connectivity index (χ1v) is 12.6. The molecule has 0 radical (unpaired) electrons. The minimum Gasteiger partial charge on any atom is -0.373 e. The largest absolute Gasteiger partial charge is 0.504 e. The van der Waals surface area contributed by atoms with Crippen LogP contribution in [0.4, 0.5) is 0 Å². The lowest BCUT2D eigenvalue weighted by atomic mass is 9.93. The first-order chi connectivity index (χ1) is 12.4. The van der Waals surface area contributed by atoms with Crippen molar-refractivity contribution in [2.24, 2.45) is 11.5 Å². The molecule has 2 atom stereocenters. The molecule has 0 spiro atoms. The minimum atomic E-state index is -2.84. The van der Waals surface area contributed by atoms with Gasteiger partial charge in [0.1, 0.15) is 0 Å². The number of rotatable bonds is 18. The standard InChI is InChI=1S/C20H46N2O3Si/c1-6-10-15-23-26(24-16-11-7-2,25-17-12-8-3)19(13-14-21)18-20(5,22)9-4/h19H,6-18,21-22H2,1-5H3. The van der Waals surface area contributed by atoms with Gasteiger partial charge in [-0.15, -0.1) is 0 Å². The second-order valence-corrected chi connectivity index (χ2v) is 10.6.